The third-order valence-corrected chi connectivity index (χ3v) is 1.59. The van der Waals surface area contributed by atoms with E-state index >= 15 is 0 Å². The van der Waals surface area contributed by atoms with Gasteiger partial charge in [0.05, 0.1) is 5.97 Å². The molecule has 0 aliphatic carbocycles. The molecule has 72 valence electrons. The molecule has 3 nitrogen and oxygen atoms in total. The number of aliphatic carboxylic acids is 1. The summed E-state index contributed by atoms with van der Waals surface area (Å²) in [6.07, 6.45) is 7.94. The van der Waals surface area contributed by atoms with Gasteiger partial charge in [-0.1, -0.05) is 12.2 Å². The van der Waals surface area contributed by atoms with Gasteiger partial charge < -0.3 is 9.90 Å². The lowest BCUT2D eigenvalue weighted by Crippen LogP contribution is -2.19. The maximum absolute atomic E-state index is 10.2. The number of allylic oxidation sites excluding steroid dienone is 2. The number of carbonyl (C=O) groups is 1. The van der Waals surface area contributed by atoms with Gasteiger partial charge in [0.2, 0.25) is 0 Å². The van der Waals surface area contributed by atoms with E-state index in [0.29, 0.717) is 5.57 Å². The molecule has 1 heterocycles. The monoisotopic (exact) mass is 188 g/mol. The van der Waals surface area contributed by atoms with Crippen LogP contribution >= 0.6 is 0 Å². The summed E-state index contributed by atoms with van der Waals surface area (Å²) in [6, 6.07) is 3.67. The quantitative estimate of drug-likeness (QED) is 0.520. The van der Waals surface area contributed by atoms with Crippen molar-refractivity contribution in [1.82, 2.24) is 4.98 Å². The number of hydrogen-bond acceptors (Lipinski definition) is 3. The van der Waals surface area contributed by atoms with Crippen molar-refractivity contribution in [2.45, 2.75) is 6.92 Å². The van der Waals surface area contributed by atoms with E-state index in [2.05, 4.69) is 4.98 Å². The van der Waals surface area contributed by atoms with Crippen molar-refractivity contribution in [1.29, 1.82) is 0 Å². The number of carboxylic acid groups (broad SMARTS) is 1. The maximum Gasteiger partial charge on any atom is 0.0645 e. The molecule has 0 aromatic carbocycles. The van der Waals surface area contributed by atoms with E-state index in [4.69, 9.17) is 0 Å². The first kappa shape index (κ1) is 10.2. The van der Waals surface area contributed by atoms with Crippen LogP contribution in [0, 0.1) is 0 Å². The third-order valence-electron chi connectivity index (χ3n) is 1.59. The molecule has 0 N–H and O–H groups in total. The molecular weight excluding hydrogens is 178 g/mol. The van der Waals surface area contributed by atoms with Crippen molar-refractivity contribution in [3.05, 3.63) is 47.8 Å². The first-order valence-corrected chi connectivity index (χ1v) is 4.16. The smallest absolute Gasteiger partial charge is 0.0645 e. The first-order chi connectivity index (χ1) is 6.68. The molecule has 1 aromatic heterocycles. The lowest BCUT2D eigenvalue weighted by molar-refractivity contribution is -0.297. The highest BCUT2D eigenvalue weighted by molar-refractivity contribution is 5.79. The Hall–Kier alpha value is -1.90. The van der Waals surface area contributed by atoms with Gasteiger partial charge in [0.25, 0.3) is 0 Å². The summed E-state index contributed by atoms with van der Waals surface area (Å²) in [4.78, 5) is 14.1. The summed E-state index contributed by atoms with van der Waals surface area (Å²) in [6.45, 7) is 1.70. The molecule has 0 atom stereocenters. The van der Waals surface area contributed by atoms with E-state index in [9.17, 15) is 9.90 Å². The van der Waals surface area contributed by atoms with Crippen LogP contribution in [-0.2, 0) is 4.79 Å². The lowest BCUT2D eigenvalue weighted by Gasteiger charge is -1.95. The minimum atomic E-state index is -1.18. The second-order valence-corrected chi connectivity index (χ2v) is 2.82. The van der Waals surface area contributed by atoms with Crippen molar-refractivity contribution < 1.29 is 9.90 Å². The molecule has 0 radical (unpaired) electrons. The first-order valence-electron chi connectivity index (χ1n) is 4.16. The van der Waals surface area contributed by atoms with Gasteiger partial charge >= 0.3 is 0 Å². The Morgan fingerprint density at radius 2 is 2.07 bits per heavy atom. The zero-order valence-corrected chi connectivity index (χ0v) is 7.81. The van der Waals surface area contributed by atoms with Gasteiger partial charge in [-0.2, -0.15) is 0 Å². The number of hydrogen-bond donors (Lipinski definition) is 0. The largest absolute Gasteiger partial charge is 0.545 e. The van der Waals surface area contributed by atoms with Crippen molar-refractivity contribution in [3.8, 4) is 0 Å². The van der Waals surface area contributed by atoms with Crippen LogP contribution in [0.1, 0.15) is 12.5 Å². The predicted octanol–water partition coefficient (Wildman–Crippen LogP) is 0.791. The van der Waals surface area contributed by atoms with Gasteiger partial charge in [0.1, 0.15) is 0 Å². The van der Waals surface area contributed by atoms with Crippen molar-refractivity contribution in [2.75, 3.05) is 0 Å². The second-order valence-electron chi connectivity index (χ2n) is 2.82. The highest BCUT2D eigenvalue weighted by Crippen LogP contribution is 2.02. The molecule has 0 unspecified atom stereocenters. The molecule has 14 heavy (non-hydrogen) atoms. The van der Waals surface area contributed by atoms with Gasteiger partial charge in [0, 0.05) is 12.4 Å². The highest BCUT2D eigenvalue weighted by Gasteiger charge is 1.84. The van der Waals surface area contributed by atoms with E-state index in [-0.39, 0.29) is 0 Å². The summed E-state index contributed by atoms with van der Waals surface area (Å²) in [5, 5.41) is 10.2. The summed E-state index contributed by atoms with van der Waals surface area (Å²) < 4.78 is 0. The Labute approximate surface area is 82.4 Å². The Bertz CT molecular complexity index is 366. The standard InChI is InChI=1S/C11H11NO2/c1-9(8-11(13)14)2-3-10-4-6-12-7-5-10/h2-8H,1H3,(H,13,14)/p-1/b3-2-,9-8+. The van der Waals surface area contributed by atoms with E-state index in [1.165, 1.54) is 0 Å². The number of aromatic nitrogens is 1. The van der Waals surface area contributed by atoms with Gasteiger partial charge in [-0.25, -0.2) is 0 Å². The number of carboxylic acids is 1. The molecule has 1 rings (SSSR count). The minimum absolute atomic E-state index is 0.641. The SMILES string of the molecule is CC(/C=C\c1ccncc1)=C\C(=O)[O-]. The molecular formula is C11H10NO2-. The average Bonchev–Trinajstić information content (AvgIpc) is 2.15. The Morgan fingerprint density at radius 1 is 1.43 bits per heavy atom. The summed E-state index contributed by atoms with van der Waals surface area (Å²) in [5.41, 5.74) is 1.62. The average molecular weight is 188 g/mol. The molecule has 0 spiro atoms. The number of rotatable bonds is 3. The fourth-order valence-corrected chi connectivity index (χ4v) is 0.936. The summed E-state index contributed by atoms with van der Waals surface area (Å²) in [7, 11) is 0. The molecule has 0 saturated carbocycles. The Kier molecular flexibility index (Phi) is 3.61. The number of pyridine rings is 1. The van der Waals surface area contributed by atoms with Gasteiger partial charge in [-0.15, -0.1) is 0 Å². The van der Waals surface area contributed by atoms with Crippen LogP contribution < -0.4 is 5.11 Å². The van der Waals surface area contributed by atoms with Crippen molar-refractivity contribution >= 4 is 12.0 Å². The van der Waals surface area contributed by atoms with Crippen molar-refractivity contribution in [3.63, 3.8) is 0 Å². The summed E-state index contributed by atoms with van der Waals surface area (Å²) >= 11 is 0. The second kappa shape index (κ2) is 4.97. The van der Waals surface area contributed by atoms with Crippen LogP contribution in [0.4, 0.5) is 0 Å². The molecule has 3 heteroatoms. The Balaban J connectivity index is 2.70. The Morgan fingerprint density at radius 3 is 2.64 bits per heavy atom. The van der Waals surface area contributed by atoms with Crippen LogP contribution in [0.5, 0.6) is 0 Å². The fourth-order valence-electron chi connectivity index (χ4n) is 0.936. The third kappa shape index (κ3) is 3.67. The molecule has 0 bridgehead atoms. The molecule has 0 aliphatic heterocycles. The molecule has 0 fully saturated rings. The van der Waals surface area contributed by atoms with Crippen LogP contribution in [0.3, 0.4) is 0 Å². The van der Waals surface area contributed by atoms with Gasteiger partial charge in [0.15, 0.2) is 0 Å². The number of carbonyl (C=O) groups excluding carboxylic acids is 1. The van der Waals surface area contributed by atoms with Crippen LogP contribution in [0.2, 0.25) is 0 Å². The van der Waals surface area contributed by atoms with Gasteiger partial charge in [-0.05, 0) is 36.3 Å². The maximum atomic E-state index is 10.2. The minimum Gasteiger partial charge on any atom is -0.545 e. The molecule has 0 aliphatic rings. The van der Waals surface area contributed by atoms with E-state index in [1.807, 2.05) is 18.2 Å². The normalized spacial score (nSPS) is 11.9. The van der Waals surface area contributed by atoms with E-state index < -0.39 is 5.97 Å². The zero-order chi connectivity index (χ0) is 10.4. The highest BCUT2D eigenvalue weighted by atomic mass is 16.4. The number of nitrogens with zero attached hydrogens (tertiary/aromatic N) is 1. The van der Waals surface area contributed by atoms with E-state index in [0.717, 1.165) is 11.6 Å². The molecule has 1 aromatic rings. The topological polar surface area (TPSA) is 53.0 Å². The summed E-state index contributed by atoms with van der Waals surface area (Å²) in [5.74, 6) is -1.18. The molecule has 0 amide bonds. The van der Waals surface area contributed by atoms with Crippen molar-refractivity contribution in [2.24, 2.45) is 0 Å². The van der Waals surface area contributed by atoms with Crippen LogP contribution in [-0.4, -0.2) is 11.0 Å². The van der Waals surface area contributed by atoms with Gasteiger partial charge in [-0.3, -0.25) is 4.98 Å². The molecule has 0 saturated heterocycles. The zero-order valence-electron chi connectivity index (χ0n) is 7.81. The predicted molar refractivity (Wildman–Crippen MR) is 52.0 cm³/mol. The lowest BCUT2D eigenvalue weighted by atomic mass is 10.2. The van der Waals surface area contributed by atoms with Crippen LogP contribution in [0.15, 0.2) is 42.3 Å². The van der Waals surface area contributed by atoms with E-state index in [1.54, 1.807) is 25.4 Å². The fraction of sp³-hybridized carbons (Fsp3) is 0.0909. The van der Waals surface area contributed by atoms with Crippen LogP contribution in [0.25, 0.3) is 6.08 Å².